The van der Waals surface area contributed by atoms with E-state index in [0.717, 1.165) is 45.6 Å². The van der Waals surface area contributed by atoms with Gasteiger partial charge in [-0.15, -0.1) is 0 Å². The van der Waals surface area contributed by atoms with Gasteiger partial charge in [0, 0.05) is 32.7 Å². The highest BCUT2D eigenvalue weighted by Crippen LogP contribution is 2.33. The summed E-state index contributed by atoms with van der Waals surface area (Å²) in [5.74, 6) is 0.291. The lowest BCUT2D eigenvalue weighted by Crippen LogP contribution is -2.48. The van der Waals surface area contributed by atoms with Gasteiger partial charge >= 0.3 is 0 Å². The quantitative estimate of drug-likeness (QED) is 0.926. The maximum atomic E-state index is 12.8. The molecule has 2 aliphatic rings. The average molecular weight is 329 g/mol. The van der Waals surface area contributed by atoms with Gasteiger partial charge in [0.15, 0.2) is 0 Å². The van der Waals surface area contributed by atoms with Crippen LogP contribution in [-0.4, -0.2) is 55.0 Å². The van der Waals surface area contributed by atoms with E-state index < -0.39 is 0 Å². The molecule has 2 fully saturated rings. The van der Waals surface area contributed by atoms with Crippen molar-refractivity contribution in [2.75, 3.05) is 39.3 Å². The molecule has 1 aromatic rings. The summed E-state index contributed by atoms with van der Waals surface area (Å²) in [6.07, 6.45) is 2.20. The predicted octanol–water partition coefficient (Wildman–Crippen LogP) is 2.55. The number of carbonyl (C=O) groups excluding carboxylic acids is 1. The van der Waals surface area contributed by atoms with Crippen LogP contribution in [0.1, 0.15) is 50.8 Å². The van der Waals surface area contributed by atoms with E-state index in [1.54, 1.807) is 0 Å². The van der Waals surface area contributed by atoms with Gasteiger partial charge in [-0.25, -0.2) is 0 Å². The van der Waals surface area contributed by atoms with E-state index in [1.165, 1.54) is 11.1 Å². The molecule has 132 valence electrons. The van der Waals surface area contributed by atoms with Gasteiger partial charge in [-0.3, -0.25) is 9.69 Å². The number of carbonyl (C=O) groups is 1. The maximum absolute atomic E-state index is 12.8. The maximum Gasteiger partial charge on any atom is 0.237 e. The van der Waals surface area contributed by atoms with E-state index in [-0.39, 0.29) is 11.5 Å². The van der Waals surface area contributed by atoms with Crippen molar-refractivity contribution in [2.24, 2.45) is 0 Å². The normalized spacial score (nSPS) is 22.8. The highest BCUT2D eigenvalue weighted by Gasteiger charge is 2.31. The second-order valence-corrected chi connectivity index (χ2v) is 8.14. The van der Waals surface area contributed by atoms with Crippen LogP contribution < -0.4 is 5.32 Å². The zero-order chi connectivity index (χ0) is 17.2. The molecule has 3 rings (SSSR count). The molecule has 2 saturated heterocycles. The molecular formula is C20H31N3O. The van der Waals surface area contributed by atoms with E-state index in [9.17, 15) is 4.79 Å². The standard InChI is InChI=1S/C20H31N3O/c1-20(2,3)17-8-6-16(7-9-17)18-5-4-12-23(18)19(24)15-22-13-10-21-11-14-22/h6-9,18,21H,4-5,10-15H2,1-3H3. The molecule has 0 aromatic heterocycles. The SMILES string of the molecule is CC(C)(C)c1ccc(C2CCCN2C(=O)CN2CCNCC2)cc1. The second-order valence-electron chi connectivity index (χ2n) is 8.14. The van der Waals surface area contributed by atoms with E-state index in [0.29, 0.717) is 12.5 Å². The number of nitrogens with one attached hydrogen (secondary N) is 1. The first-order valence-electron chi connectivity index (χ1n) is 9.28. The van der Waals surface area contributed by atoms with Crippen LogP contribution in [0.25, 0.3) is 0 Å². The van der Waals surface area contributed by atoms with Crippen molar-refractivity contribution in [1.29, 1.82) is 0 Å². The molecule has 2 heterocycles. The van der Waals surface area contributed by atoms with Gasteiger partial charge in [0.1, 0.15) is 0 Å². The first kappa shape index (κ1) is 17.4. The van der Waals surface area contributed by atoms with Gasteiger partial charge in [0.25, 0.3) is 0 Å². The minimum Gasteiger partial charge on any atom is -0.335 e. The van der Waals surface area contributed by atoms with Crippen LogP contribution in [0.15, 0.2) is 24.3 Å². The number of nitrogens with zero attached hydrogens (tertiary/aromatic N) is 2. The van der Waals surface area contributed by atoms with E-state index in [1.807, 2.05) is 0 Å². The Morgan fingerprint density at radius 1 is 1.12 bits per heavy atom. The molecule has 0 saturated carbocycles. The van der Waals surface area contributed by atoms with Crippen LogP contribution in [0.5, 0.6) is 0 Å². The number of likely N-dealkylation sites (tertiary alicyclic amines) is 1. The zero-order valence-electron chi connectivity index (χ0n) is 15.3. The highest BCUT2D eigenvalue weighted by molar-refractivity contribution is 5.79. The third-order valence-electron chi connectivity index (χ3n) is 5.30. The highest BCUT2D eigenvalue weighted by atomic mass is 16.2. The summed E-state index contributed by atoms with van der Waals surface area (Å²) in [4.78, 5) is 17.2. The van der Waals surface area contributed by atoms with Gasteiger partial charge < -0.3 is 10.2 Å². The lowest BCUT2D eigenvalue weighted by Gasteiger charge is -2.31. The fourth-order valence-corrected chi connectivity index (χ4v) is 3.77. The molecule has 0 spiro atoms. The third kappa shape index (κ3) is 3.98. The second kappa shape index (κ2) is 7.24. The molecule has 0 aliphatic carbocycles. The molecule has 4 nitrogen and oxygen atoms in total. The first-order chi connectivity index (χ1) is 11.4. The van der Waals surface area contributed by atoms with Crippen molar-refractivity contribution in [2.45, 2.75) is 45.1 Å². The molecule has 4 heteroatoms. The molecule has 0 bridgehead atoms. The zero-order valence-corrected chi connectivity index (χ0v) is 15.3. The first-order valence-corrected chi connectivity index (χ1v) is 9.28. The number of hydrogen-bond acceptors (Lipinski definition) is 3. The monoisotopic (exact) mass is 329 g/mol. The number of hydrogen-bond donors (Lipinski definition) is 1. The summed E-state index contributed by atoms with van der Waals surface area (Å²) < 4.78 is 0. The summed E-state index contributed by atoms with van der Waals surface area (Å²) in [5.41, 5.74) is 2.81. The van der Waals surface area contributed by atoms with Crippen LogP contribution in [0.2, 0.25) is 0 Å². The Labute approximate surface area is 146 Å². The fourth-order valence-electron chi connectivity index (χ4n) is 3.77. The smallest absolute Gasteiger partial charge is 0.237 e. The minimum absolute atomic E-state index is 0.173. The van der Waals surface area contributed by atoms with Gasteiger partial charge in [-0.05, 0) is 29.4 Å². The Hall–Kier alpha value is -1.39. The average Bonchev–Trinajstić information content (AvgIpc) is 3.05. The minimum atomic E-state index is 0.173. The molecule has 24 heavy (non-hydrogen) atoms. The Bertz CT molecular complexity index is 555. The van der Waals surface area contributed by atoms with E-state index in [2.05, 4.69) is 60.2 Å². The van der Waals surface area contributed by atoms with Gasteiger partial charge in [0.05, 0.1) is 12.6 Å². The molecule has 1 aromatic carbocycles. The van der Waals surface area contributed by atoms with E-state index in [4.69, 9.17) is 0 Å². The lowest BCUT2D eigenvalue weighted by atomic mass is 9.86. The predicted molar refractivity (Wildman–Crippen MR) is 98.1 cm³/mol. The molecule has 1 amide bonds. The van der Waals surface area contributed by atoms with Crippen molar-refractivity contribution in [1.82, 2.24) is 15.1 Å². The van der Waals surface area contributed by atoms with E-state index >= 15 is 0 Å². The van der Waals surface area contributed by atoms with Gasteiger partial charge in [-0.1, -0.05) is 45.0 Å². The van der Waals surface area contributed by atoms with Crippen molar-refractivity contribution in [3.8, 4) is 0 Å². The fraction of sp³-hybridized carbons (Fsp3) is 0.650. The Kier molecular flexibility index (Phi) is 5.26. The largest absolute Gasteiger partial charge is 0.335 e. The topological polar surface area (TPSA) is 35.6 Å². The van der Waals surface area contributed by atoms with Crippen molar-refractivity contribution >= 4 is 5.91 Å². The molecule has 0 radical (unpaired) electrons. The molecule has 1 unspecified atom stereocenters. The van der Waals surface area contributed by atoms with Gasteiger partial charge in [0.2, 0.25) is 5.91 Å². The van der Waals surface area contributed by atoms with Crippen LogP contribution in [0.3, 0.4) is 0 Å². The number of rotatable bonds is 3. The third-order valence-corrected chi connectivity index (χ3v) is 5.30. The van der Waals surface area contributed by atoms with Gasteiger partial charge in [-0.2, -0.15) is 0 Å². The van der Waals surface area contributed by atoms with Crippen molar-refractivity contribution in [3.63, 3.8) is 0 Å². The molecule has 2 aliphatic heterocycles. The molecule has 1 N–H and O–H groups in total. The number of benzene rings is 1. The van der Waals surface area contributed by atoms with Crippen molar-refractivity contribution in [3.05, 3.63) is 35.4 Å². The number of amides is 1. The molecule has 1 atom stereocenters. The summed E-state index contributed by atoms with van der Waals surface area (Å²) in [6.45, 7) is 12.1. The van der Waals surface area contributed by atoms with Crippen LogP contribution in [-0.2, 0) is 10.2 Å². The Balaban J connectivity index is 1.67. The van der Waals surface area contributed by atoms with Crippen LogP contribution in [0, 0.1) is 0 Å². The molecular weight excluding hydrogens is 298 g/mol. The Morgan fingerprint density at radius 2 is 1.79 bits per heavy atom. The van der Waals surface area contributed by atoms with Crippen LogP contribution >= 0.6 is 0 Å². The van der Waals surface area contributed by atoms with Crippen LogP contribution in [0.4, 0.5) is 0 Å². The Morgan fingerprint density at radius 3 is 2.42 bits per heavy atom. The summed E-state index contributed by atoms with van der Waals surface area (Å²) in [7, 11) is 0. The summed E-state index contributed by atoms with van der Waals surface area (Å²) in [6, 6.07) is 9.16. The number of piperazine rings is 1. The summed E-state index contributed by atoms with van der Waals surface area (Å²) in [5, 5.41) is 3.34. The lowest BCUT2D eigenvalue weighted by molar-refractivity contribution is -0.133. The summed E-state index contributed by atoms with van der Waals surface area (Å²) >= 11 is 0. The van der Waals surface area contributed by atoms with Crippen molar-refractivity contribution < 1.29 is 4.79 Å².